The second kappa shape index (κ2) is 6.45. The van der Waals surface area contributed by atoms with Gasteiger partial charge in [0.15, 0.2) is 0 Å². The van der Waals surface area contributed by atoms with Crippen molar-refractivity contribution in [2.24, 2.45) is 0 Å². The van der Waals surface area contributed by atoms with Crippen LogP contribution in [0.3, 0.4) is 0 Å². The number of nitrogens with one attached hydrogen (secondary N) is 2. The van der Waals surface area contributed by atoms with Crippen molar-refractivity contribution < 1.29 is 0 Å². The highest BCUT2D eigenvalue weighted by molar-refractivity contribution is 5.28. The van der Waals surface area contributed by atoms with Gasteiger partial charge >= 0.3 is 0 Å². The Morgan fingerprint density at radius 2 is 1.88 bits per heavy atom. The standard InChI is InChI=1S/C15H22N2/c1-2-3-4-5-6-13-7-9-14(10-8-13)15-11-12-16-17-15/h7-12,15-17H,2-6H2,1H3. The molecule has 1 aliphatic heterocycles. The lowest BCUT2D eigenvalue weighted by atomic mass is 10.0. The number of hydrogen-bond donors (Lipinski definition) is 2. The molecule has 2 heteroatoms. The van der Waals surface area contributed by atoms with E-state index < -0.39 is 0 Å². The zero-order chi connectivity index (χ0) is 11.9. The molecule has 92 valence electrons. The molecule has 1 aliphatic rings. The summed E-state index contributed by atoms with van der Waals surface area (Å²) >= 11 is 0. The van der Waals surface area contributed by atoms with Crippen molar-refractivity contribution in [1.29, 1.82) is 0 Å². The van der Waals surface area contributed by atoms with Crippen LogP contribution >= 0.6 is 0 Å². The van der Waals surface area contributed by atoms with Crippen molar-refractivity contribution in [3.63, 3.8) is 0 Å². The van der Waals surface area contributed by atoms with Crippen molar-refractivity contribution >= 4 is 0 Å². The van der Waals surface area contributed by atoms with Gasteiger partial charge in [-0.2, -0.15) is 0 Å². The second-order valence-corrected chi connectivity index (χ2v) is 4.68. The quantitative estimate of drug-likeness (QED) is 0.731. The maximum absolute atomic E-state index is 3.19. The van der Waals surface area contributed by atoms with Crippen molar-refractivity contribution in [1.82, 2.24) is 10.9 Å². The Kier molecular flexibility index (Phi) is 4.63. The molecular weight excluding hydrogens is 208 g/mol. The van der Waals surface area contributed by atoms with E-state index >= 15 is 0 Å². The summed E-state index contributed by atoms with van der Waals surface area (Å²) in [7, 11) is 0. The minimum Gasteiger partial charge on any atom is -0.328 e. The van der Waals surface area contributed by atoms with Crippen LogP contribution in [0.25, 0.3) is 0 Å². The first kappa shape index (κ1) is 12.2. The SMILES string of the molecule is CCCCCCc1ccc(C2C=CNN2)cc1. The van der Waals surface area contributed by atoms with Gasteiger partial charge < -0.3 is 5.43 Å². The topological polar surface area (TPSA) is 24.1 Å². The molecule has 2 N–H and O–H groups in total. The Morgan fingerprint density at radius 1 is 1.06 bits per heavy atom. The van der Waals surface area contributed by atoms with E-state index in [-0.39, 0.29) is 0 Å². The van der Waals surface area contributed by atoms with E-state index in [9.17, 15) is 0 Å². The van der Waals surface area contributed by atoms with Gasteiger partial charge in [-0.05, 0) is 30.0 Å². The zero-order valence-corrected chi connectivity index (χ0v) is 10.6. The first-order chi connectivity index (χ1) is 8.40. The normalized spacial score (nSPS) is 18.3. The average molecular weight is 230 g/mol. The molecule has 1 atom stereocenters. The second-order valence-electron chi connectivity index (χ2n) is 4.68. The van der Waals surface area contributed by atoms with Gasteiger partial charge in [0, 0.05) is 6.20 Å². The van der Waals surface area contributed by atoms with Crippen LogP contribution in [-0.4, -0.2) is 0 Å². The molecule has 17 heavy (non-hydrogen) atoms. The molecule has 1 aromatic carbocycles. The number of aryl methyl sites for hydroxylation is 1. The molecule has 2 rings (SSSR count). The maximum Gasteiger partial charge on any atom is 0.0707 e. The Hall–Kier alpha value is -1.28. The van der Waals surface area contributed by atoms with Crippen molar-refractivity contribution in [2.75, 3.05) is 0 Å². The molecule has 0 spiro atoms. The number of hydrogen-bond acceptors (Lipinski definition) is 2. The molecule has 0 bridgehead atoms. The van der Waals surface area contributed by atoms with Gasteiger partial charge in [-0.15, -0.1) is 0 Å². The predicted octanol–water partition coefficient (Wildman–Crippen LogP) is 3.47. The summed E-state index contributed by atoms with van der Waals surface area (Å²) in [4.78, 5) is 0. The lowest BCUT2D eigenvalue weighted by Gasteiger charge is -2.10. The monoisotopic (exact) mass is 230 g/mol. The van der Waals surface area contributed by atoms with Crippen LogP contribution in [0, 0.1) is 0 Å². The summed E-state index contributed by atoms with van der Waals surface area (Å²) in [6.45, 7) is 2.25. The van der Waals surface area contributed by atoms with E-state index in [2.05, 4.69) is 48.1 Å². The fraction of sp³-hybridized carbons (Fsp3) is 0.467. The predicted molar refractivity (Wildman–Crippen MR) is 72.4 cm³/mol. The minimum atomic E-state index is 0.323. The molecule has 0 amide bonds. The third-order valence-electron chi connectivity index (χ3n) is 3.27. The zero-order valence-electron chi connectivity index (χ0n) is 10.6. The van der Waals surface area contributed by atoms with E-state index in [0.29, 0.717) is 6.04 Å². The summed E-state index contributed by atoms with van der Waals surface area (Å²) in [5, 5.41) is 0. The molecule has 0 radical (unpaired) electrons. The minimum absolute atomic E-state index is 0.323. The van der Waals surface area contributed by atoms with Crippen LogP contribution < -0.4 is 10.9 Å². The fourth-order valence-corrected chi connectivity index (χ4v) is 2.17. The molecule has 0 saturated carbocycles. The Bertz CT molecular complexity index is 354. The van der Waals surface area contributed by atoms with Crippen molar-refractivity contribution in [3.05, 3.63) is 47.7 Å². The lowest BCUT2D eigenvalue weighted by Crippen LogP contribution is -2.24. The molecule has 0 aliphatic carbocycles. The van der Waals surface area contributed by atoms with Crippen LogP contribution in [0.2, 0.25) is 0 Å². The van der Waals surface area contributed by atoms with Gasteiger partial charge in [0.1, 0.15) is 0 Å². The largest absolute Gasteiger partial charge is 0.328 e. The highest BCUT2D eigenvalue weighted by Gasteiger charge is 2.09. The molecule has 1 aromatic rings. The summed E-state index contributed by atoms with van der Waals surface area (Å²) in [5.74, 6) is 0. The smallest absolute Gasteiger partial charge is 0.0707 e. The fourth-order valence-electron chi connectivity index (χ4n) is 2.17. The Morgan fingerprint density at radius 3 is 2.53 bits per heavy atom. The third-order valence-corrected chi connectivity index (χ3v) is 3.27. The van der Waals surface area contributed by atoms with E-state index in [1.807, 2.05) is 6.20 Å². The summed E-state index contributed by atoms with van der Waals surface area (Å²) in [6, 6.07) is 9.29. The van der Waals surface area contributed by atoms with Gasteiger partial charge in [0.2, 0.25) is 0 Å². The summed E-state index contributed by atoms with van der Waals surface area (Å²) in [5.41, 5.74) is 8.98. The first-order valence-electron chi connectivity index (χ1n) is 6.66. The number of rotatable bonds is 6. The number of unbranched alkanes of at least 4 members (excludes halogenated alkanes) is 3. The average Bonchev–Trinajstić information content (AvgIpc) is 2.89. The Balaban J connectivity index is 1.82. The Labute approximate surface area is 104 Å². The van der Waals surface area contributed by atoms with Crippen LogP contribution in [-0.2, 0) is 6.42 Å². The van der Waals surface area contributed by atoms with E-state index in [4.69, 9.17) is 0 Å². The van der Waals surface area contributed by atoms with E-state index in [1.165, 1.54) is 43.2 Å². The lowest BCUT2D eigenvalue weighted by molar-refractivity contribution is 0.609. The van der Waals surface area contributed by atoms with E-state index in [0.717, 1.165) is 0 Å². The first-order valence-corrected chi connectivity index (χ1v) is 6.66. The van der Waals surface area contributed by atoms with Crippen LogP contribution in [0.5, 0.6) is 0 Å². The molecule has 1 heterocycles. The maximum atomic E-state index is 3.19. The number of benzene rings is 1. The molecule has 0 aromatic heterocycles. The number of hydrazine groups is 1. The van der Waals surface area contributed by atoms with Crippen LogP contribution in [0.1, 0.15) is 49.8 Å². The van der Waals surface area contributed by atoms with E-state index in [1.54, 1.807) is 0 Å². The molecule has 1 unspecified atom stereocenters. The van der Waals surface area contributed by atoms with Gasteiger partial charge in [-0.3, -0.25) is 0 Å². The highest BCUT2D eigenvalue weighted by atomic mass is 15.4. The van der Waals surface area contributed by atoms with Gasteiger partial charge in [-0.1, -0.05) is 50.5 Å². The molecule has 2 nitrogen and oxygen atoms in total. The van der Waals surface area contributed by atoms with Crippen LogP contribution in [0.4, 0.5) is 0 Å². The van der Waals surface area contributed by atoms with Crippen molar-refractivity contribution in [2.45, 2.75) is 45.1 Å². The van der Waals surface area contributed by atoms with Gasteiger partial charge in [-0.25, -0.2) is 5.43 Å². The van der Waals surface area contributed by atoms with Gasteiger partial charge in [0.05, 0.1) is 6.04 Å². The summed E-state index contributed by atoms with van der Waals surface area (Å²) in [6.07, 6.45) is 10.6. The molecular formula is C15H22N2. The highest BCUT2D eigenvalue weighted by Crippen LogP contribution is 2.17. The molecule has 0 fully saturated rings. The summed E-state index contributed by atoms with van der Waals surface area (Å²) < 4.78 is 0. The van der Waals surface area contributed by atoms with Crippen molar-refractivity contribution in [3.8, 4) is 0 Å². The van der Waals surface area contributed by atoms with Crippen LogP contribution in [0.15, 0.2) is 36.5 Å². The van der Waals surface area contributed by atoms with Gasteiger partial charge in [0.25, 0.3) is 0 Å². The molecule has 0 saturated heterocycles. The third kappa shape index (κ3) is 3.60.